The van der Waals surface area contributed by atoms with Gasteiger partial charge < -0.3 is 5.10 Å². The minimum absolute atomic E-state index is 0.0528. The van der Waals surface area contributed by atoms with Crippen molar-refractivity contribution in [2.24, 2.45) is 5.10 Å². The van der Waals surface area contributed by atoms with E-state index >= 15 is 0 Å². The van der Waals surface area contributed by atoms with Crippen molar-refractivity contribution in [2.45, 2.75) is 20.3 Å². The maximum Gasteiger partial charge on any atom is 0.267 e. The van der Waals surface area contributed by atoms with Gasteiger partial charge in [0.25, 0.3) is 5.56 Å². The van der Waals surface area contributed by atoms with Crippen LogP contribution in [0.15, 0.2) is 28.1 Å². The van der Waals surface area contributed by atoms with Gasteiger partial charge in [-0.25, -0.2) is 5.43 Å². The first kappa shape index (κ1) is 16.3. The molecule has 0 saturated heterocycles. The van der Waals surface area contributed by atoms with Crippen LogP contribution < -0.4 is 11.0 Å². The molecule has 22 heavy (non-hydrogen) atoms. The van der Waals surface area contributed by atoms with Crippen LogP contribution in [0.4, 0.5) is 0 Å². The van der Waals surface area contributed by atoms with Crippen LogP contribution in [0.25, 0.3) is 0 Å². The van der Waals surface area contributed by atoms with Crippen molar-refractivity contribution in [3.63, 3.8) is 0 Å². The van der Waals surface area contributed by atoms with Crippen LogP contribution >= 0.6 is 23.2 Å². The summed E-state index contributed by atoms with van der Waals surface area (Å²) in [6.07, 6.45) is -0.0528. The Labute approximate surface area is 136 Å². The molecule has 116 valence electrons. The summed E-state index contributed by atoms with van der Waals surface area (Å²) in [5.74, 6) is -0.382. The number of hydrazone groups is 1. The van der Waals surface area contributed by atoms with E-state index < -0.39 is 0 Å². The number of amides is 1. The molecule has 0 aliphatic rings. The minimum Gasteiger partial charge on any atom is -0.302 e. The monoisotopic (exact) mass is 340 g/mol. The molecule has 1 aromatic heterocycles. The van der Waals surface area contributed by atoms with Crippen molar-refractivity contribution in [3.8, 4) is 0 Å². The minimum atomic E-state index is -0.382. The van der Waals surface area contributed by atoms with Crippen molar-refractivity contribution in [1.82, 2.24) is 15.6 Å². The summed E-state index contributed by atoms with van der Waals surface area (Å²) in [6, 6.07) is 5.07. The van der Waals surface area contributed by atoms with Crippen LogP contribution in [-0.4, -0.2) is 21.8 Å². The normalized spacial score (nSPS) is 11.5. The molecule has 1 amide bonds. The Bertz CT molecular complexity index is 792. The van der Waals surface area contributed by atoms with Gasteiger partial charge >= 0.3 is 0 Å². The van der Waals surface area contributed by atoms with E-state index in [0.29, 0.717) is 27.0 Å². The lowest BCUT2D eigenvalue weighted by Crippen LogP contribution is -2.24. The molecule has 2 aromatic rings. The third-order valence-corrected chi connectivity index (χ3v) is 3.85. The number of carbonyl (C=O) groups excluding carboxylic acids is 1. The SMILES string of the molecule is CC(=NNC(=O)Cc1c(C)[nH][nH]c1=O)c1ccc(Cl)c(Cl)c1. The Hall–Kier alpha value is -2.05. The molecule has 2 rings (SSSR count). The molecule has 0 aliphatic carbocycles. The Kier molecular flexibility index (Phi) is 5.05. The second-order valence-electron chi connectivity index (χ2n) is 4.72. The Balaban J connectivity index is 2.05. The average Bonchev–Trinajstić information content (AvgIpc) is 2.79. The summed E-state index contributed by atoms with van der Waals surface area (Å²) >= 11 is 11.8. The van der Waals surface area contributed by atoms with E-state index in [2.05, 4.69) is 20.7 Å². The number of nitrogens with zero attached hydrogens (tertiary/aromatic N) is 1. The number of hydrogen-bond acceptors (Lipinski definition) is 3. The Morgan fingerprint density at radius 1 is 1.27 bits per heavy atom. The number of rotatable bonds is 4. The molecule has 0 saturated carbocycles. The topological polar surface area (TPSA) is 90.1 Å². The largest absolute Gasteiger partial charge is 0.302 e. The fraction of sp³-hybridized carbons (Fsp3) is 0.214. The Morgan fingerprint density at radius 3 is 2.59 bits per heavy atom. The maximum atomic E-state index is 11.8. The number of halogens is 2. The molecule has 1 heterocycles. The zero-order chi connectivity index (χ0) is 16.3. The molecule has 6 nitrogen and oxygen atoms in total. The first-order chi connectivity index (χ1) is 10.4. The molecule has 0 spiro atoms. The highest BCUT2D eigenvalue weighted by Crippen LogP contribution is 2.22. The van der Waals surface area contributed by atoms with Crippen LogP contribution in [-0.2, 0) is 11.2 Å². The van der Waals surface area contributed by atoms with Gasteiger partial charge in [-0.15, -0.1) is 0 Å². The van der Waals surface area contributed by atoms with Gasteiger partial charge in [-0.2, -0.15) is 5.10 Å². The Morgan fingerprint density at radius 2 is 2.00 bits per heavy atom. The van der Waals surface area contributed by atoms with Crippen molar-refractivity contribution in [2.75, 3.05) is 0 Å². The second kappa shape index (κ2) is 6.81. The van der Waals surface area contributed by atoms with Gasteiger partial charge in [0.05, 0.1) is 22.2 Å². The second-order valence-corrected chi connectivity index (χ2v) is 5.53. The van der Waals surface area contributed by atoms with Gasteiger partial charge in [0.15, 0.2) is 0 Å². The molecule has 0 bridgehead atoms. The van der Waals surface area contributed by atoms with Crippen LogP contribution in [0, 0.1) is 6.92 Å². The van der Waals surface area contributed by atoms with Gasteiger partial charge in [0.1, 0.15) is 0 Å². The number of aromatic amines is 2. The van der Waals surface area contributed by atoms with E-state index in [0.717, 1.165) is 5.56 Å². The summed E-state index contributed by atoms with van der Waals surface area (Å²) in [6.45, 7) is 3.44. The van der Waals surface area contributed by atoms with E-state index in [1.165, 1.54) is 0 Å². The van der Waals surface area contributed by atoms with E-state index in [4.69, 9.17) is 23.2 Å². The molecule has 0 fully saturated rings. The number of benzene rings is 1. The van der Waals surface area contributed by atoms with Crippen molar-refractivity contribution in [3.05, 3.63) is 55.4 Å². The smallest absolute Gasteiger partial charge is 0.267 e. The fourth-order valence-corrected chi connectivity index (χ4v) is 2.11. The van der Waals surface area contributed by atoms with E-state index in [9.17, 15) is 9.59 Å². The molecule has 0 unspecified atom stereocenters. The van der Waals surface area contributed by atoms with E-state index in [1.54, 1.807) is 32.0 Å². The van der Waals surface area contributed by atoms with Crippen LogP contribution in [0.5, 0.6) is 0 Å². The first-order valence-electron chi connectivity index (χ1n) is 6.43. The molecular formula is C14H14Cl2N4O2. The fourth-order valence-electron chi connectivity index (χ4n) is 1.82. The predicted molar refractivity (Wildman–Crippen MR) is 86.7 cm³/mol. The quantitative estimate of drug-likeness (QED) is 0.589. The van der Waals surface area contributed by atoms with Crippen molar-refractivity contribution in [1.29, 1.82) is 0 Å². The highest BCUT2D eigenvalue weighted by atomic mass is 35.5. The standard InChI is InChI=1S/C14H14Cl2N4O2/c1-7(9-3-4-11(15)12(16)5-9)17-19-13(21)6-10-8(2)18-20-14(10)22/h3-5H,6H2,1-2H3,(H,19,21)(H2,18,20,22). The molecule has 0 aliphatic heterocycles. The lowest BCUT2D eigenvalue weighted by molar-refractivity contribution is -0.120. The molecular weight excluding hydrogens is 327 g/mol. The number of nitrogens with one attached hydrogen (secondary N) is 3. The van der Waals surface area contributed by atoms with Crippen LogP contribution in [0.2, 0.25) is 10.0 Å². The molecule has 1 aromatic carbocycles. The summed E-state index contributed by atoms with van der Waals surface area (Å²) < 4.78 is 0. The third kappa shape index (κ3) is 3.78. The number of carbonyl (C=O) groups is 1. The molecule has 0 atom stereocenters. The highest BCUT2D eigenvalue weighted by molar-refractivity contribution is 6.42. The lowest BCUT2D eigenvalue weighted by atomic mass is 10.1. The van der Waals surface area contributed by atoms with Crippen LogP contribution in [0.3, 0.4) is 0 Å². The van der Waals surface area contributed by atoms with Gasteiger partial charge in [-0.1, -0.05) is 29.3 Å². The lowest BCUT2D eigenvalue weighted by Gasteiger charge is -2.04. The van der Waals surface area contributed by atoms with E-state index in [-0.39, 0.29) is 17.9 Å². The van der Waals surface area contributed by atoms with Gasteiger partial charge in [0, 0.05) is 11.3 Å². The van der Waals surface area contributed by atoms with E-state index in [1.807, 2.05) is 0 Å². The number of H-pyrrole nitrogens is 2. The van der Waals surface area contributed by atoms with Gasteiger partial charge in [0.2, 0.25) is 5.91 Å². The highest BCUT2D eigenvalue weighted by Gasteiger charge is 2.11. The van der Waals surface area contributed by atoms with Gasteiger partial charge in [-0.3, -0.25) is 14.7 Å². The summed E-state index contributed by atoms with van der Waals surface area (Å²) in [7, 11) is 0. The summed E-state index contributed by atoms with van der Waals surface area (Å²) in [5, 5.41) is 9.94. The third-order valence-electron chi connectivity index (χ3n) is 3.11. The molecule has 8 heteroatoms. The summed E-state index contributed by atoms with van der Waals surface area (Å²) in [4.78, 5) is 23.3. The summed E-state index contributed by atoms with van der Waals surface area (Å²) in [5.41, 5.74) is 4.44. The maximum absolute atomic E-state index is 11.8. The molecule has 0 radical (unpaired) electrons. The molecule has 3 N–H and O–H groups in total. The first-order valence-corrected chi connectivity index (χ1v) is 7.18. The number of hydrogen-bond donors (Lipinski definition) is 3. The van der Waals surface area contributed by atoms with Gasteiger partial charge in [-0.05, 0) is 31.5 Å². The average molecular weight is 341 g/mol. The zero-order valence-electron chi connectivity index (χ0n) is 12.0. The van der Waals surface area contributed by atoms with Crippen molar-refractivity contribution >= 4 is 34.8 Å². The van der Waals surface area contributed by atoms with Crippen molar-refractivity contribution < 1.29 is 4.79 Å². The predicted octanol–water partition coefficient (Wildman–Crippen LogP) is 2.40. The number of aromatic nitrogens is 2. The zero-order valence-corrected chi connectivity index (χ0v) is 13.5. The number of aryl methyl sites for hydroxylation is 1. The van der Waals surface area contributed by atoms with Crippen LogP contribution in [0.1, 0.15) is 23.7 Å².